The van der Waals surface area contributed by atoms with Gasteiger partial charge in [0.05, 0.1) is 17.6 Å². The van der Waals surface area contributed by atoms with E-state index in [4.69, 9.17) is 22.5 Å². The zero-order valence-corrected chi connectivity index (χ0v) is 29.1. The van der Waals surface area contributed by atoms with Crippen LogP contribution in [0.5, 0.6) is 0 Å². The Kier molecular flexibility index (Phi) is 8.37. The molecule has 3 aromatic rings. The second-order valence-corrected chi connectivity index (χ2v) is 16.4. The summed E-state index contributed by atoms with van der Waals surface area (Å²) < 4.78 is 5.43. The summed E-state index contributed by atoms with van der Waals surface area (Å²) in [5.41, 5.74) is 4.50. The van der Waals surface area contributed by atoms with Crippen molar-refractivity contribution in [3.8, 4) is 12.3 Å². The lowest BCUT2D eigenvalue weighted by Crippen LogP contribution is -2.54. The number of hydrogen-bond acceptors (Lipinski definition) is 6. The molecule has 2 heterocycles. The quantitative estimate of drug-likeness (QED) is 0.283. The van der Waals surface area contributed by atoms with Crippen molar-refractivity contribution >= 4 is 40.8 Å². The minimum Gasteiger partial charge on any atom is -0.377 e. The second-order valence-electron chi connectivity index (χ2n) is 14.9. The summed E-state index contributed by atoms with van der Waals surface area (Å²) in [7, 11) is 4.23. The van der Waals surface area contributed by atoms with E-state index in [2.05, 4.69) is 91.3 Å². The molecule has 0 radical (unpaired) electrons. The molecule has 242 valence electrons. The molecular weight excluding hydrogens is 610 g/mol. The van der Waals surface area contributed by atoms with Gasteiger partial charge in [0.25, 0.3) is 0 Å². The summed E-state index contributed by atoms with van der Waals surface area (Å²) in [5.74, 6) is 5.64. The molecular formula is C39H46ClN3O2S. The van der Waals surface area contributed by atoms with Crippen LogP contribution >= 0.6 is 23.4 Å². The fourth-order valence-electron chi connectivity index (χ4n) is 9.72. The van der Waals surface area contributed by atoms with Gasteiger partial charge in [-0.2, -0.15) is 0 Å². The standard InChI is InChI=1S/C22H27NO2.C17H19ClN2S/c1-4-22(24)10-8-18-16-6-5-15-11-19-14(13-23-25-19)12-20(15,2)17(16)7-9-21(18,22)3;1-19(2)10-5-11-20-14-6-3-4-7-16(14)21-17-9-8-13(18)12-15(17)20/h1,11,13,16-18,24H,5-10,12H2,2-3H3;3-4,6-9,12H,5,10-11H2,1-2H3. The van der Waals surface area contributed by atoms with Crippen LogP contribution in [0.2, 0.25) is 5.02 Å². The molecule has 8 rings (SSSR count). The number of fused-ring (bicyclic) bond motifs is 8. The van der Waals surface area contributed by atoms with Gasteiger partial charge in [-0.25, -0.2) is 0 Å². The zero-order valence-electron chi connectivity index (χ0n) is 27.6. The Balaban J connectivity index is 0.000000150. The molecule has 1 aliphatic heterocycles. The van der Waals surface area contributed by atoms with E-state index in [0.29, 0.717) is 17.8 Å². The predicted molar refractivity (Wildman–Crippen MR) is 189 cm³/mol. The number of para-hydroxylation sites is 1. The summed E-state index contributed by atoms with van der Waals surface area (Å²) >= 11 is 8.03. The molecule has 4 aliphatic carbocycles. The van der Waals surface area contributed by atoms with Crippen molar-refractivity contribution in [2.45, 2.75) is 80.6 Å². The Hall–Kier alpha value is -2.69. The minimum atomic E-state index is -0.909. The number of hydrogen-bond donors (Lipinski definition) is 1. The maximum atomic E-state index is 11.1. The molecule has 0 spiro atoms. The summed E-state index contributed by atoms with van der Waals surface area (Å²) in [4.78, 5) is 7.22. The molecule has 6 unspecified atom stereocenters. The van der Waals surface area contributed by atoms with Crippen molar-refractivity contribution in [3.63, 3.8) is 0 Å². The maximum Gasteiger partial charge on any atom is 0.162 e. The molecule has 2 aromatic carbocycles. The molecule has 6 atom stereocenters. The van der Waals surface area contributed by atoms with Crippen LogP contribution < -0.4 is 4.90 Å². The molecule has 5 aliphatic rings. The summed E-state index contributed by atoms with van der Waals surface area (Å²) in [6, 6.07) is 14.8. The van der Waals surface area contributed by atoms with Crippen LogP contribution in [0.15, 0.2) is 68.5 Å². The third-order valence-electron chi connectivity index (χ3n) is 12.2. The first-order chi connectivity index (χ1) is 22.1. The smallest absolute Gasteiger partial charge is 0.162 e. The summed E-state index contributed by atoms with van der Waals surface area (Å²) in [5, 5.41) is 15.9. The molecule has 1 N–H and O–H groups in total. The highest BCUT2D eigenvalue weighted by Gasteiger charge is 2.63. The number of nitrogens with zero attached hydrogens (tertiary/aromatic N) is 3. The van der Waals surface area contributed by atoms with Crippen LogP contribution in [0.4, 0.5) is 11.4 Å². The fraction of sp³-hybridized carbons (Fsp3) is 0.513. The maximum absolute atomic E-state index is 11.1. The van der Waals surface area contributed by atoms with Gasteiger partial charge in [0.1, 0.15) is 5.60 Å². The van der Waals surface area contributed by atoms with E-state index in [1.807, 2.05) is 24.0 Å². The number of aromatic nitrogens is 1. The van der Waals surface area contributed by atoms with Gasteiger partial charge in [-0.3, -0.25) is 0 Å². The lowest BCUT2D eigenvalue weighted by molar-refractivity contribution is -0.0975. The molecule has 0 saturated heterocycles. The SMILES string of the molecule is C#CC1(O)CCC2C3CCC4=Cc5oncc5CC4(C)C3CCC21C.CN(C)CCCN1c2ccccc2Sc2ccc(Cl)cc21. The first-order valence-electron chi connectivity index (χ1n) is 16.9. The fourth-order valence-corrected chi connectivity index (χ4v) is 11.0. The Morgan fingerprint density at radius 2 is 1.87 bits per heavy atom. The molecule has 3 saturated carbocycles. The molecule has 3 fully saturated rings. The summed E-state index contributed by atoms with van der Waals surface area (Å²) in [6.07, 6.45) is 18.5. The minimum absolute atomic E-state index is 0.114. The zero-order chi connectivity index (χ0) is 32.3. The Morgan fingerprint density at radius 3 is 2.67 bits per heavy atom. The molecule has 46 heavy (non-hydrogen) atoms. The van der Waals surface area contributed by atoms with Gasteiger partial charge < -0.3 is 19.4 Å². The van der Waals surface area contributed by atoms with Crippen molar-refractivity contribution in [2.75, 3.05) is 32.1 Å². The second kappa shape index (κ2) is 12.1. The van der Waals surface area contributed by atoms with Crippen molar-refractivity contribution in [1.82, 2.24) is 10.1 Å². The predicted octanol–water partition coefficient (Wildman–Crippen LogP) is 9.12. The molecule has 5 nitrogen and oxygen atoms in total. The highest BCUT2D eigenvalue weighted by molar-refractivity contribution is 7.99. The van der Waals surface area contributed by atoms with Crippen molar-refractivity contribution in [2.24, 2.45) is 28.6 Å². The highest BCUT2D eigenvalue weighted by Crippen LogP contribution is 2.67. The average Bonchev–Trinajstić information content (AvgIpc) is 3.60. The summed E-state index contributed by atoms with van der Waals surface area (Å²) in [6.45, 7) is 6.80. The van der Waals surface area contributed by atoms with Crippen LogP contribution in [0.1, 0.15) is 70.1 Å². The lowest BCUT2D eigenvalue weighted by atomic mass is 9.46. The highest BCUT2D eigenvalue weighted by atomic mass is 35.5. The van der Waals surface area contributed by atoms with Gasteiger partial charge in [-0.15, -0.1) is 6.42 Å². The molecule has 0 bridgehead atoms. The Labute approximate surface area is 283 Å². The monoisotopic (exact) mass is 655 g/mol. The van der Waals surface area contributed by atoms with Gasteiger partial charge in [0.15, 0.2) is 5.76 Å². The van der Waals surface area contributed by atoms with Crippen molar-refractivity contribution in [1.29, 1.82) is 0 Å². The third kappa shape index (κ3) is 5.23. The van der Waals surface area contributed by atoms with Gasteiger partial charge >= 0.3 is 0 Å². The number of terminal acetylenes is 1. The molecule has 7 heteroatoms. The van der Waals surface area contributed by atoms with E-state index in [1.54, 1.807) is 5.57 Å². The average molecular weight is 656 g/mol. The van der Waals surface area contributed by atoms with E-state index < -0.39 is 5.60 Å². The number of rotatable bonds is 4. The van der Waals surface area contributed by atoms with Gasteiger partial charge in [-0.1, -0.05) is 66.0 Å². The van der Waals surface area contributed by atoms with E-state index in [9.17, 15) is 5.11 Å². The molecule has 1 aromatic heterocycles. The number of allylic oxidation sites excluding steroid dienone is 1. The van der Waals surface area contributed by atoms with E-state index in [0.717, 1.165) is 68.8 Å². The van der Waals surface area contributed by atoms with Crippen molar-refractivity contribution in [3.05, 3.63) is 70.6 Å². The van der Waals surface area contributed by atoms with Gasteiger partial charge in [0, 0.05) is 32.3 Å². The van der Waals surface area contributed by atoms with E-state index >= 15 is 0 Å². The van der Waals surface area contributed by atoms with Crippen LogP contribution in [-0.4, -0.2) is 47.9 Å². The number of anilines is 2. The first-order valence-corrected chi connectivity index (χ1v) is 18.1. The number of halogens is 1. The lowest BCUT2D eigenvalue weighted by Gasteiger charge is -2.58. The van der Waals surface area contributed by atoms with Crippen LogP contribution in [-0.2, 0) is 6.42 Å². The van der Waals surface area contributed by atoms with Crippen LogP contribution in [0, 0.1) is 40.9 Å². The number of aliphatic hydroxyl groups is 1. The topological polar surface area (TPSA) is 52.7 Å². The molecule has 0 amide bonds. The first kappa shape index (κ1) is 31.9. The normalized spacial score (nSPS) is 32.0. The van der Waals surface area contributed by atoms with Gasteiger partial charge in [-0.05, 0) is 132 Å². The van der Waals surface area contributed by atoms with Crippen molar-refractivity contribution < 1.29 is 9.63 Å². The largest absolute Gasteiger partial charge is 0.377 e. The Bertz CT molecular complexity index is 1690. The van der Waals surface area contributed by atoms with Gasteiger partial charge in [0.2, 0.25) is 0 Å². The Morgan fingerprint density at radius 1 is 1.09 bits per heavy atom. The van der Waals surface area contributed by atoms with E-state index in [1.165, 1.54) is 33.2 Å². The third-order valence-corrected chi connectivity index (χ3v) is 13.6. The van der Waals surface area contributed by atoms with E-state index in [-0.39, 0.29) is 10.8 Å². The van der Waals surface area contributed by atoms with Crippen LogP contribution in [0.25, 0.3) is 6.08 Å². The number of benzene rings is 2. The van der Waals surface area contributed by atoms with Crippen LogP contribution in [0.3, 0.4) is 0 Å².